The van der Waals surface area contributed by atoms with E-state index >= 15 is 0 Å². The van der Waals surface area contributed by atoms with Gasteiger partial charge in [-0.15, -0.1) is 5.10 Å². The molecule has 0 unspecified atom stereocenters. The first kappa shape index (κ1) is 14.7. The minimum absolute atomic E-state index is 0.468. The quantitative estimate of drug-likeness (QED) is 0.797. The van der Waals surface area contributed by atoms with Crippen molar-refractivity contribution < 1.29 is 8.78 Å². The maximum absolute atomic E-state index is 12.7. The summed E-state index contributed by atoms with van der Waals surface area (Å²) in [4.78, 5) is 8.72. The van der Waals surface area contributed by atoms with E-state index in [2.05, 4.69) is 31.7 Å². The third kappa shape index (κ3) is 2.40. The number of hydrogen-bond donors (Lipinski definition) is 1. The third-order valence-corrected chi connectivity index (χ3v) is 4.02. The summed E-state index contributed by atoms with van der Waals surface area (Å²) >= 11 is 0. The van der Waals surface area contributed by atoms with E-state index in [-0.39, 0.29) is 0 Å². The van der Waals surface area contributed by atoms with E-state index < -0.39 is 13.0 Å². The molecule has 4 rings (SSSR count). The summed E-state index contributed by atoms with van der Waals surface area (Å²) in [5.74, 6) is 0.582. The molecule has 0 spiro atoms. The molecule has 0 saturated carbocycles. The van der Waals surface area contributed by atoms with Crippen molar-refractivity contribution in [2.24, 2.45) is 0 Å². The van der Waals surface area contributed by atoms with Crippen LogP contribution in [0.2, 0.25) is 0 Å². The second-order valence-electron chi connectivity index (χ2n) is 5.49. The molecule has 1 aliphatic carbocycles. The maximum Gasteiger partial charge on any atom is 0.258 e. The number of alkyl halides is 2. The zero-order valence-corrected chi connectivity index (χ0v) is 12.9. The Morgan fingerprint density at radius 3 is 3.00 bits per heavy atom. The van der Waals surface area contributed by atoms with Gasteiger partial charge in [-0.2, -0.15) is 0 Å². The predicted molar refractivity (Wildman–Crippen MR) is 85.9 cm³/mol. The SMILES string of the molecule is CNc1ncc2c(n1)CC=C2c1ccc2nnn(CC(F)F)c2c1. The number of hydrogen-bond acceptors (Lipinski definition) is 5. The molecule has 6 nitrogen and oxygen atoms in total. The molecule has 0 aliphatic heterocycles. The number of anilines is 1. The van der Waals surface area contributed by atoms with Crippen molar-refractivity contribution in [3.8, 4) is 0 Å². The van der Waals surface area contributed by atoms with Crippen LogP contribution in [0.1, 0.15) is 16.8 Å². The van der Waals surface area contributed by atoms with Crippen LogP contribution in [0.25, 0.3) is 16.6 Å². The summed E-state index contributed by atoms with van der Waals surface area (Å²) in [5, 5.41) is 10.7. The van der Waals surface area contributed by atoms with Gasteiger partial charge in [-0.05, 0) is 23.3 Å². The molecule has 0 fully saturated rings. The summed E-state index contributed by atoms with van der Waals surface area (Å²) in [6.07, 6.45) is 2.10. The molecule has 3 aromatic rings. The van der Waals surface area contributed by atoms with E-state index in [1.165, 1.54) is 4.68 Å². The monoisotopic (exact) mass is 328 g/mol. The lowest BCUT2D eigenvalue weighted by atomic mass is 10.0. The molecular weight excluding hydrogens is 314 g/mol. The van der Waals surface area contributed by atoms with Crippen LogP contribution < -0.4 is 5.32 Å². The van der Waals surface area contributed by atoms with Crippen LogP contribution in [-0.2, 0) is 13.0 Å². The van der Waals surface area contributed by atoms with Gasteiger partial charge >= 0.3 is 0 Å². The summed E-state index contributed by atoms with van der Waals surface area (Å²) in [5.41, 5.74) is 5.01. The molecule has 1 N–H and O–H groups in total. The molecule has 0 atom stereocenters. The molecule has 0 radical (unpaired) electrons. The van der Waals surface area contributed by atoms with E-state index in [1.807, 2.05) is 12.1 Å². The average Bonchev–Trinajstić information content (AvgIpc) is 3.17. The maximum atomic E-state index is 12.7. The minimum Gasteiger partial charge on any atom is -0.357 e. The molecule has 8 heteroatoms. The number of allylic oxidation sites excluding steroid dienone is 1. The van der Waals surface area contributed by atoms with Crippen molar-refractivity contribution in [2.45, 2.75) is 19.4 Å². The van der Waals surface area contributed by atoms with Crippen molar-refractivity contribution in [3.05, 3.63) is 47.3 Å². The fourth-order valence-electron chi connectivity index (χ4n) is 2.90. The number of fused-ring (bicyclic) bond motifs is 2. The van der Waals surface area contributed by atoms with E-state index in [0.717, 1.165) is 22.4 Å². The van der Waals surface area contributed by atoms with Gasteiger partial charge in [0.2, 0.25) is 5.95 Å². The molecule has 1 aliphatic rings. The summed E-state index contributed by atoms with van der Waals surface area (Å²) in [6.45, 7) is -0.468. The number of nitrogens with zero attached hydrogens (tertiary/aromatic N) is 5. The van der Waals surface area contributed by atoms with Gasteiger partial charge in [-0.25, -0.2) is 23.4 Å². The fourth-order valence-corrected chi connectivity index (χ4v) is 2.90. The molecule has 0 bridgehead atoms. The van der Waals surface area contributed by atoms with Crippen molar-refractivity contribution in [2.75, 3.05) is 12.4 Å². The Balaban J connectivity index is 1.76. The number of benzene rings is 1. The second kappa shape index (κ2) is 5.63. The van der Waals surface area contributed by atoms with E-state index in [1.54, 1.807) is 19.3 Å². The first-order valence-electron chi connectivity index (χ1n) is 7.51. The van der Waals surface area contributed by atoms with Crippen LogP contribution in [0.15, 0.2) is 30.5 Å². The Kier molecular flexibility index (Phi) is 3.44. The highest BCUT2D eigenvalue weighted by molar-refractivity contribution is 5.88. The van der Waals surface area contributed by atoms with Crippen LogP contribution in [0.3, 0.4) is 0 Å². The fraction of sp³-hybridized carbons (Fsp3) is 0.250. The van der Waals surface area contributed by atoms with Crippen molar-refractivity contribution in [1.29, 1.82) is 0 Å². The first-order valence-corrected chi connectivity index (χ1v) is 7.51. The molecule has 2 aromatic heterocycles. The summed E-state index contributed by atoms with van der Waals surface area (Å²) in [6, 6.07) is 5.54. The molecule has 24 heavy (non-hydrogen) atoms. The highest BCUT2D eigenvalue weighted by atomic mass is 19.3. The predicted octanol–water partition coefficient (Wildman–Crippen LogP) is 2.52. The van der Waals surface area contributed by atoms with Crippen LogP contribution in [0.5, 0.6) is 0 Å². The first-order chi connectivity index (χ1) is 11.7. The summed E-state index contributed by atoms with van der Waals surface area (Å²) in [7, 11) is 1.77. The molecule has 0 amide bonds. The molecule has 2 heterocycles. The Bertz CT molecular complexity index is 947. The van der Waals surface area contributed by atoms with Crippen molar-refractivity contribution in [1.82, 2.24) is 25.0 Å². The minimum atomic E-state index is -2.47. The van der Waals surface area contributed by atoms with Gasteiger partial charge < -0.3 is 5.32 Å². The highest BCUT2D eigenvalue weighted by Crippen LogP contribution is 2.33. The Morgan fingerprint density at radius 1 is 1.33 bits per heavy atom. The third-order valence-electron chi connectivity index (χ3n) is 4.02. The lowest BCUT2D eigenvalue weighted by Gasteiger charge is -2.08. The van der Waals surface area contributed by atoms with Crippen LogP contribution in [0, 0.1) is 0 Å². The topological polar surface area (TPSA) is 68.5 Å². The Hall–Kier alpha value is -2.90. The molecule has 0 saturated heterocycles. The van der Waals surface area contributed by atoms with Crippen molar-refractivity contribution in [3.63, 3.8) is 0 Å². The zero-order chi connectivity index (χ0) is 16.7. The lowest BCUT2D eigenvalue weighted by molar-refractivity contribution is 0.122. The van der Waals surface area contributed by atoms with Gasteiger partial charge in [-0.3, -0.25) is 0 Å². The van der Waals surface area contributed by atoms with Crippen molar-refractivity contribution >= 4 is 22.6 Å². The molecular formula is C16H14F2N6. The number of halogens is 2. The summed E-state index contributed by atoms with van der Waals surface area (Å²) < 4.78 is 26.6. The second-order valence-corrected chi connectivity index (χ2v) is 5.49. The van der Waals surface area contributed by atoms with Crippen LogP contribution >= 0.6 is 0 Å². The smallest absolute Gasteiger partial charge is 0.258 e. The average molecular weight is 328 g/mol. The van der Waals surface area contributed by atoms with Gasteiger partial charge in [0.25, 0.3) is 6.43 Å². The van der Waals surface area contributed by atoms with Gasteiger partial charge in [0.1, 0.15) is 12.1 Å². The van der Waals surface area contributed by atoms with Gasteiger partial charge in [0.15, 0.2) is 0 Å². The Morgan fingerprint density at radius 2 is 2.21 bits per heavy atom. The highest BCUT2D eigenvalue weighted by Gasteiger charge is 2.19. The molecule has 122 valence electrons. The van der Waals surface area contributed by atoms with E-state index in [9.17, 15) is 8.78 Å². The lowest BCUT2D eigenvalue weighted by Crippen LogP contribution is -2.08. The standard InChI is InChI=1S/C16H14F2N6/c1-19-16-20-7-11-10(3-5-12(11)21-16)9-2-4-13-14(6-9)24(23-22-13)8-15(17)18/h2-4,6-7,15H,5,8H2,1H3,(H,19,20,21). The number of nitrogens with one attached hydrogen (secondary N) is 1. The van der Waals surface area contributed by atoms with Gasteiger partial charge in [-0.1, -0.05) is 17.4 Å². The Labute approximate surface area is 136 Å². The van der Waals surface area contributed by atoms with E-state index in [4.69, 9.17) is 0 Å². The largest absolute Gasteiger partial charge is 0.357 e. The van der Waals surface area contributed by atoms with E-state index in [0.29, 0.717) is 23.4 Å². The number of aromatic nitrogens is 5. The van der Waals surface area contributed by atoms with Gasteiger partial charge in [0.05, 0.1) is 11.2 Å². The van der Waals surface area contributed by atoms with Crippen LogP contribution in [0.4, 0.5) is 14.7 Å². The normalized spacial score (nSPS) is 13.4. The molecule has 1 aromatic carbocycles. The number of rotatable bonds is 4. The zero-order valence-electron chi connectivity index (χ0n) is 12.9. The van der Waals surface area contributed by atoms with Crippen LogP contribution in [-0.4, -0.2) is 38.4 Å². The van der Waals surface area contributed by atoms with Gasteiger partial charge in [0, 0.05) is 25.2 Å².